The largest absolute Gasteiger partial charge is 0.380 e. The number of hydrogen-bond acceptors (Lipinski definition) is 7. The molecule has 4 rings (SSSR count). The number of piperazine rings is 1. The highest BCUT2D eigenvalue weighted by atomic mass is 19.2. The Bertz CT molecular complexity index is 1260. The lowest BCUT2D eigenvalue weighted by molar-refractivity contribution is -0.117. The van der Waals surface area contributed by atoms with Gasteiger partial charge in [-0.3, -0.25) is 9.69 Å². The van der Waals surface area contributed by atoms with Crippen molar-refractivity contribution in [3.05, 3.63) is 77.5 Å². The van der Waals surface area contributed by atoms with Crippen LogP contribution in [0, 0.1) is 11.6 Å². The van der Waals surface area contributed by atoms with Gasteiger partial charge in [-0.1, -0.05) is 26.0 Å². The molecule has 10 heteroatoms. The number of benzene rings is 2. The Morgan fingerprint density at radius 3 is 2.42 bits per heavy atom. The van der Waals surface area contributed by atoms with Crippen LogP contribution in [-0.4, -0.2) is 73.0 Å². The highest BCUT2D eigenvalue weighted by Gasteiger charge is 2.18. The summed E-state index contributed by atoms with van der Waals surface area (Å²) in [6.07, 6.45) is 1.53. The van der Waals surface area contributed by atoms with Crippen LogP contribution in [0.2, 0.25) is 0 Å². The minimum atomic E-state index is -0.908. The third kappa shape index (κ3) is 7.89. The summed E-state index contributed by atoms with van der Waals surface area (Å²) in [4.78, 5) is 23.4. The number of nitrogens with one attached hydrogen (secondary N) is 2. The fourth-order valence-electron chi connectivity index (χ4n) is 4.88. The van der Waals surface area contributed by atoms with Gasteiger partial charge in [0.15, 0.2) is 11.6 Å². The monoisotopic (exact) mass is 551 g/mol. The molecule has 1 aromatic heterocycles. The Labute approximate surface area is 235 Å². The number of carbonyl (C=O) groups is 1. The summed E-state index contributed by atoms with van der Waals surface area (Å²) in [6, 6.07) is 14.0. The molecule has 1 fully saturated rings. The maximum absolute atomic E-state index is 14.1. The molecule has 1 amide bonds. The van der Waals surface area contributed by atoms with Gasteiger partial charge in [0.25, 0.3) is 0 Å². The van der Waals surface area contributed by atoms with Crippen LogP contribution in [0.15, 0.2) is 54.7 Å². The van der Waals surface area contributed by atoms with E-state index in [1.165, 1.54) is 17.8 Å². The van der Waals surface area contributed by atoms with E-state index in [0.717, 1.165) is 64.1 Å². The van der Waals surface area contributed by atoms with Gasteiger partial charge in [0.2, 0.25) is 5.91 Å². The summed E-state index contributed by atoms with van der Waals surface area (Å²) in [5.74, 6) is -1.78. The quantitative estimate of drug-likeness (QED) is 0.293. The van der Waals surface area contributed by atoms with Crippen LogP contribution in [0.4, 0.5) is 31.7 Å². The van der Waals surface area contributed by atoms with Crippen molar-refractivity contribution in [1.29, 1.82) is 0 Å². The SMILES string of the molecule is CCN(CC)CCN1CCN(c2ccc(Nc3cc(NCc4cccc(F)c4F)c(CC(N)=O)cn3)cc2)CC1. The van der Waals surface area contributed by atoms with E-state index in [4.69, 9.17) is 5.73 Å². The molecule has 1 aliphatic rings. The normalized spacial score (nSPS) is 14.0. The number of halogens is 2. The molecule has 4 N–H and O–H groups in total. The van der Waals surface area contributed by atoms with Gasteiger partial charge < -0.3 is 26.2 Å². The standard InChI is InChI=1S/C30H39F2N7O/c1-3-37(4-2)12-13-38-14-16-39(17-15-38)25-10-8-24(9-11-25)36-29-19-27(23(21-35-29)18-28(33)40)34-20-22-6-5-7-26(31)30(22)32/h5-11,19,21H,3-4,12-18,20H2,1-2H3,(H2,33,40)(H2,34,35,36). The van der Waals surface area contributed by atoms with E-state index in [1.807, 2.05) is 12.1 Å². The second-order valence-electron chi connectivity index (χ2n) is 9.96. The molecule has 0 bridgehead atoms. The molecule has 214 valence electrons. The Morgan fingerprint density at radius 2 is 1.75 bits per heavy atom. The van der Waals surface area contributed by atoms with Gasteiger partial charge in [-0.2, -0.15) is 0 Å². The molecule has 0 unspecified atom stereocenters. The molecule has 3 aromatic rings. The van der Waals surface area contributed by atoms with Crippen molar-refractivity contribution >= 4 is 28.8 Å². The molecule has 40 heavy (non-hydrogen) atoms. The smallest absolute Gasteiger partial charge is 0.221 e. The Hall–Kier alpha value is -3.76. The first-order chi connectivity index (χ1) is 19.4. The molecule has 1 saturated heterocycles. The Kier molecular flexibility index (Phi) is 10.3. The number of anilines is 4. The molecular weight excluding hydrogens is 512 g/mol. The van der Waals surface area contributed by atoms with Crippen molar-refractivity contribution in [2.24, 2.45) is 5.73 Å². The highest BCUT2D eigenvalue weighted by molar-refractivity contribution is 5.79. The van der Waals surface area contributed by atoms with Gasteiger partial charge in [-0.15, -0.1) is 0 Å². The van der Waals surface area contributed by atoms with Crippen LogP contribution < -0.4 is 21.3 Å². The third-order valence-corrected chi connectivity index (χ3v) is 7.36. The third-order valence-electron chi connectivity index (χ3n) is 7.36. The topological polar surface area (TPSA) is 89.8 Å². The molecule has 8 nitrogen and oxygen atoms in total. The van der Waals surface area contributed by atoms with E-state index >= 15 is 0 Å². The van der Waals surface area contributed by atoms with Crippen LogP contribution in [-0.2, 0) is 17.8 Å². The van der Waals surface area contributed by atoms with E-state index in [9.17, 15) is 13.6 Å². The number of nitrogens with zero attached hydrogens (tertiary/aromatic N) is 4. The summed E-state index contributed by atoms with van der Waals surface area (Å²) < 4.78 is 27.8. The zero-order chi connectivity index (χ0) is 28.5. The number of amides is 1. The lowest BCUT2D eigenvalue weighted by Crippen LogP contribution is -2.48. The van der Waals surface area contributed by atoms with Gasteiger partial charge in [-0.25, -0.2) is 13.8 Å². The van der Waals surface area contributed by atoms with Crippen molar-refractivity contribution in [3.8, 4) is 0 Å². The summed E-state index contributed by atoms with van der Waals surface area (Å²) in [6.45, 7) is 13.0. The minimum Gasteiger partial charge on any atom is -0.380 e. The number of rotatable bonds is 13. The number of pyridine rings is 1. The summed E-state index contributed by atoms with van der Waals surface area (Å²) in [7, 11) is 0. The van der Waals surface area contributed by atoms with Crippen molar-refractivity contribution in [2.75, 3.05) is 67.9 Å². The summed E-state index contributed by atoms with van der Waals surface area (Å²) in [5.41, 5.74) is 8.75. The first-order valence-corrected chi connectivity index (χ1v) is 13.9. The number of aromatic nitrogens is 1. The van der Waals surface area contributed by atoms with Gasteiger partial charge >= 0.3 is 0 Å². The van der Waals surface area contributed by atoms with Crippen LogP contribution in [0.1, 0.15) is 25.0 Å². The van der Waals surface area contributed by atoms with Crippen molar-refractivity contribution in [2.45, 2.75) is 26.8 Å². The van der Waals surface area contributed by atoms with Gasteiger partial charge in [0.05, 0.1) is 6.42 Å². The lowest BCUT2D eigenvalue weighted by Gasteiger charge is -2.37. The minimum absolute atomic E-state index is 0.0291. The zero-order valence-electron chi connectivity index (χ0n) is 23.3. The number of nitrogens with two attached hydrogens (primary N) is 1. The maximum Gasteiger partial charge on any atom is 0.221 e. The van der Waals surface area contributed by atoms with Crippen molar-refractivity contribution < 1.29 is 13.6 Å². The number of likely N-dealkylation sites (N-methyl/N-ethyl adjacent to an activating group) is 1. The molecule has 0 atom stereocenters. The lowest BCUT2D eigenvalue weighted by atomic mass is 10.1. The van der Waals surface area contributed by atoms with Crippen molar-refractivity contribution in [3.63, 3.8) is 0 Å². The van der Waals surface area contributed by atoms with E-state index in [1.54, 1.807) is 12.3 Å². The van der Waals surface area contributed by atoms with E-state index in [-0.39, 0.29) is 18.5 Å². The van der Waals surface area contributed by atoms with Crippen molar-refractivity contribution in [1.82, 2.24) is 14.8 Å². The van der Waals surface area contributed by atoms with Crippen LogP contribution in [0.3, 0.4) is 0 Å². The molecular formula is C30H39F2N7O. The van der Waals surface area contributed by atoms with Crippen LogP contribution in [0.25, 0.3) is 0 Å². The first-order valence-electron chi connectivity index (χ1n) is 13.9. The van der Waals surface area contributed by atoms with Gasteiger partial charge in [-0.05, 0) is 43.4 Å². The van der Waals surface area contributed by atoms with Gasteiger partial charge in [0.1, 0.15) is 5.82 Å². The average Bonchev–Trinajstić information content (AvgIpc) is 2.96. The first kappa shape index (κ1) is 29.2. The second kappa shape index (κ2) is 14.0. The molecule has 2 aromatic carbocycles. The van der Waals surface area contributed by atoms with E-state index < -0.39 is 17.5 Å². The summed E-state index contributed by atoms with van der Waals surface area (Å²) in [5, 5.41) is 6.38. The predicted octanol–water partition coefficient (Wildman–Crippen LogP) is 4.21. The van der Waals surface area contributed by atoms with Crippen LogP contribution in [0.5, 0.6) is 0 Å². The molecule has 2 heterocycles. The molecule has 1 aliphatic heterocycles. The Morgan fingerprint density at radius 1 is 1.02 bits per heavy atom. The highest BCUT2D eigenvalue weighted by Crippen LogP contribution is 2.25. The molecule has 0 spiro atoms. The second-order valence-corrected chi connectivity index (χ2v) is 9.96. The predicted molar refractivity (Wildman–Crippen MR) is 157 cm³/mol. The number of hydrogen-bond donors (Lipinski definition) is 3. The number of primary amides is 1. The van der Waals surface area contributed by atoms with E-state index in [0.29, 0.717) is 17.1 Å². The fourth-order valence-corrected chi connectivity index (χ4v) is 4.88. The van der Waals surface area contributed by atoms with Gasteiger partial charge in [0, 0.05) is 86.3 Å². The molecule has 0 saturated carbocycles. The number of carbonyl (C=O) groups excluding carboxylic acids is 1. The van der Waals surface area contributed by atoms with E-state index in [2.05, 4.69) is 56.3 Å². The zero-order valence-corrected chi connectivity index (χ0v) is 23.3. The average molecular weight is 552 g/mol. The maximum atomic E-state index is 14.1. The summed E-state index contributed by atoms with van der Waals surface area (Å²) >= 11 is 0. The molecule has 0 radical (unpaired) electrons. The fraction of sp³-hybridized carbons (Fsp3) is 0.400. The molecule has 0 aliphatic carbocycles. The van der Waals surface area contributed by atoms with Crippen LogP contribution >= 0.6 is 0 Å². The Balaban J connectivity index is 1.37.